The smallest absolute Gasteiger partial charge is 0.327 e. The predicted octanol–water partition coefficient (Wildman–Crippen LogP) is 2.74. The molecule has 3 aromatic rings. The van der Waals surface area contributed by atoms with E-state index in [0.717, 1.165) is 36.9 Å². The summed E-state index contributed by atoms with van der Waals surface area (Å²) >= 11 is 0. The summed E-state index contributed by atoms with van der Waals surface area (Å²) in [7, 11) is 0. The number of nitrogens with one attached hydrogen (secondary N) is 3. The van der Waals surface area contributed by atoms with Crippen LogP contribution < -0.4 is 21.5 Å². The summed E-state index contributed by atoms with van der Waals surface area (Å²) in [6.07, 6.45) is 6.54. The maximum absolute atomic E-state index is 12.3. The number of unbranched alkanes of at least 4 members (excludes halogenated alkanes) is 2. The van der Waals surface area contributed by atoms with Gasteiger partial charge in [0.25, 0.3) is 5.56 Å². The number of anilines is 2. The summed E-state index contributed by atoms with van der Waals surface area (Å²) in [6.45, 7) is 5.36. The van der Waals surface area contributed by atoms with E-state index < -0.39 is 11.2 Å². The molecular weight excluding hydrogens is 392 g/mol. The molecule has 0 amide bonds. The first-order valence-electron chi connectivity index (χ1n) is 10.5. The lowest BCUT2D eigenvalue weighted by Gasteiger charge is -2.25. The average molecular weight is 419 g/mol. The first-order chi connectivity index (χ1) is 15.0. The van der Waals surface area contributed by atoms with Crippen molar-refractivity contribution in [2.75, 3.05) is 16.8 Å². The summed E-state index contributed by atoms with van der Waals surface area (Å²) in [5, 5.41) is 7.68. The van der Waals surface area contributed by atoms with Crippen molar-refractivity contribution in [3.63, 3.8) is 0 Å². The van der Waals surface area contributed by atoms with E-state index in [1.165, 1.54) is 5.56 Å². The molecule has 8 nitrogen and oxygen atoms in total. The molecule has 3 N–H and O–H groups in total. The fraction of sp³-hybridized carbons (Fsp3) is 0.348. The number of H-pyrrole nitrogens is 2. The topological polar surface area (TPSA) is 98.8 Å². The minimum absolute atomic E-state index is 0.274. The van der Waals surface area contributed by atoms with Crippen molar-refractivity contribution < 1.29 is 0 Å². The van der Waals surface area contributed by atoms with E-state index in [4.69, 9.17) is 0 Å². The second kappa shape index (κ2) is 8.96. The van der Waals surface area contributed by atoms with Crippen LogP contribution in [0.15, 0.2) is 46.2 Å². The van der Waals surface area contributed by atoms with E-state index in [9.17, 15) is 9.59 Å². The van der Waals surface area contributed by atoms with Crippen LogP contribution in [0.4, 0.5) is 11.5 Å². The van der Waals surface area contributed by atoms with Crippen LogP contribution in [0.1, 0.15) is 49.0 Å². The van der Waals surface area contributed by atoms with E-state index >= 15 is 0 Å². The number of hydrogen-bond donors (Lipinski definition) is 3. The van der Waals surface area contributed by atoms with Crippen LogP contribution in [0.3, 0.4) is 0 Å². The highest BCUT2D eigenvalue weighted by Crippen LogP contribution is 2.36. The van der Waals surface area contributed by atoms with E-state index in [0.29, 0.717) is 18.1 Å². The molecule has 2 aromatic heterocycles. The lowest BCUT2D eigenvalue weighted by molar-refractivity contribution is 0.635. The minimum atomic E-state index is -0.506. The number of rotatable bonds is 6. The lowest BCUT2D eigenvalue weighted by Crippen LogP contribution is -2.30. The van der Waals surface area contributed by atoms with Crippen molar-refractivity contribution in [2.45, 2.75) is 45.8 Å². The Morgan fingerprint density at radius 3 is 2.87 bits per heavy atom. The van der Waals surface area contributed by atoms with E-state index in [2.05, 4.69) is 39.1 Å². The van der Waals surface area contributed by atoms with Gasteiger partial charge < -0.3 is 10.2 Å². The highest BCUT2D eigenvalue weighted by molar-refractivity contribution is 5.71. The molecule has 0 radical (unpaired) electrons. The second-order valence-electron chi connectivity index (χ2n) is 7.72. The van der Waals surface area contributed by atoms with Crippen LogP contribution in [-0.2, 0) is 6.54 Å². The van der Waals surface area contributed by atoms with Crippen molar-refractivity contribution in [3.8, 4) is 11.8 Å². The standard InChI is InChI=1S/C23H26N6O2/c1-3-4-5-12-29-20(25-19-21(29)26-23(31)27-22(19)30)18-14-24-28(15-18)11-7-10-17-9-6-8-16(2)13-17/h6,8-9,13-15,20,25H,3-5,11-12H2,1-2H3,(H2,26,27,30,31). The highest BCUT2D eigenvalue weighted by atomic mass is 16.2. The fourth-order valence-electron chi connectivity index (χ4n) is 3.76. The predicted molar refractivity (Wildman–Crippen MR) is 121 cm³/mol. The molecule has 0 bridgehead atoms. The van der Waals surface area contributed by atoms with Gasteiger partial charge >= 0.3 is 5.69 Å². The lowest BCUT2D eigenvalue weighted by atomic mass is 10.1. The Balaban J connectivity index is 1.54. The Kier molecular flexibility index (Phi) is 5.94. The van der Waals surface area contributed by atoms with Crippen molar-refractivity contribution in [1.82, 2.24) is 19.7 Å². The number of hydrogen-bond acceptors (Lipinski definition) is 5. The molecule has 3 heterocycles. The van der Waals surface area contributed by atoms with Gasteiger partial charge in [-0.1, -0.05) is 43.7 Å². The van der Waals surface area contributed by atoms with Gasteiger partial charge in [0.05, 0.1) is 6.20 Å². The van der Waals surface area contributed by atoms with Crippen LogP contribution in [-0.4, -0.2) is 26.3 Å². The SMILES string of the molecule is CCCCCN1c2[nH]c(=O)[nH]c(=O)c2NC1c1cnn(CC#Cc2cccc(C)c2)c1. The van der Waals surface area contributed by atoms with Gasteiger partial charge in [0.1, 0.15) is 24.2 Å². The molecule has 4 rings (SSSR count). The van der Waals surface area contributed by atoms with Crippen LogP contribution in [0.25, 0.3) is 0 Å². The molecule has 1 aliphatic heterocycles. The van der Waals surface area contributed by atoms with E-state index in [1.54, 1.807) is 10.9 Å². The maximum atomic E-state index is 12.3. The molecule has 0 aliphatic carbocycles. The minimum Gasteiger partial charge on any atom is -0.354 e. The third-order valence-electron chi connectivity index (χ3n) is 5.27. The molecule has 0 fully saturated rings. The summed E-state index contributed by atoms with van der Waals surface area (Å²) in [5.41, 5.74) is 2.52. The average Bonchev–Trinajstić information content (AvgIpc) is 3.33. The third-order valence-corrected chi connectivity index (χ3v) is 5.27. The van der Waals surface area contributed by atoms with Gasteiger partial charge in [-0.25, -0.2) is 4.79 Å². The Hall–Kier alpha value is -3.73. The number of aryl methyl sites for hydroxylation is 1. The Labute approximate surface area is 180 Å². The summed E-state index contributed by atoms with van der Waals surface area (Å²) in [6, 6.07) is 8.07. The van der Waals surface area contributed by atoms with Gasteiger partial charge in [-0.2, -0.15) is 5.10 Å². The van der Waals surface area contributed by atoms with Crippen LogP contribution >= 0.6 is 0 Å². The molecule has 1 aliphatic rings. The van der Waals surface area contributed by atoms with Gasteiger partial charge in [-0.05, 0) is 31.0 Å². The monoisotopic (exact) mass is 418 g/mol. The molecule has 1 aromatic carbocycles. The van der Waals surface area contributed by atoms with Crippen LogP contribution in [0.2, 0.25) is 0 Å². The van der Waals surface area contributed by atoms with E-state index in [-0.39, 0.29) is 6.17 Å². The van der Waals surface area contributed by atoms with Crippen molar-refractivity contribution in [3.05, 3.63) is 74.2 Å². The molecule has 0 saturated heterocycles. The third kappa shape index (κ3) is 4.56. The normalized spacial score (nSPS) is 14.6. The zero-order valence-corrected chi connectivity index (χ0v) is 17.7. The number of fused-ring (bicyclic) bond motifs is 1. The van der Waals surface area contributed by atoms with Crippen molar-refractivity contribution >= 4 is 11.5 Å². The van der Waals surface area contributed by atoms with Crippen molar-refractivity contribution in [2.24, 2.45) is 0 Å². The number of aromatic nitrogens is 4. The summed E-state index contributed by atoms with van der Waals surface area (Å²) < 4.78 is 1.78. The summed E-state index contributed by atoms with van der Waals surface area (Å²) in [5.74, 6) is 6.84. The zero-order valence-electron chi connectivity index (χ0n) is 17.7. The highest BCUT2D eigenvalue weighted by Gasteiger charge is 2.33. The van der Waals surface area contributed by atoms with E-state index in [1.807, 2.05) is 42.3 Å². The largest absolute Gasteiger partial charge is 0.354 e. The number of nitrogens with zero attached hydrogens (tertiary/aromatic N) is 3. The molecular formula is C23H26N6O2. The molecule has 1 atom stereocenters. The molecule has 31 heavy (non-hydrogen) atoms. The molecule has 0 spiro atoms. The van der Waals surface area contributed by atoms with Gasteiger partial charge in [0, 0.05) is 23.9 Å². The molecule has 1 unspecified atom stereocenters. The Morgan fingerprint density at radius 1 is 1.19 bits per heavy atom. The van der Waals surface area contributed by atoms with Crippen molar-refractivity contribution in [1.29, 1.82) is 0 Å². The molecule has 8 heteroatoms. The van der Waals surface area contributed by atoms with Gasteiger partial charge in [0.2, 0.25) is 0 Å². The number of benzene rings is 1. The second-order valence-corrected chi connectivity index (χ2v) is 7.72. The first kappa shape index (κ1) is 20.5. The van der Waals surface area contributed by atoms with Gasteiger partial charge in [-0.15, -0.1) is 0 Å². The molecule has 0 saturated carbocycles. The van der Waals surface area contributed by atoms with Crippen LogP contribution in [0.5, 0.6) is 0 Å². The molecule has 160 valence electrons. The van der Waals surface area contributed by atoms with Gasteiger partial charge in [-0.3, -0.25) is 19.4 Å². The quantitative estimate of drug-likeness (QED) is 0.422. The van der Waals surface area contributed by atoms with Crippen LogP contribution in [0, 0.1) is 18.8 Å². The zero-order chi connectivity index (χ0) is 21.8. The Bertz CT molecular complexity index is 1240. The van der Waals surface area contributed by atoms with Gasteiger partial charge in [0.15, 0.2) is 0 Å². The maximum Gasteiger partial charge on any atom is 0.327 e. The Morgan fingerprint density at radius 2 is 2.06 bits per heavy atom. The fourth-order valence-corrected chi connectivity index (χ4v) is 3.76. The summed E-state index contributed by atoms with van der Waals surface area (Å²) in [4.78, 5) is 31.2. The number of aromatic amines is 2. The first-order valence-corrected chi connectivity index (χ1v) is 10.5.